The number of nitrogens with zero attached hydrogens (tertiary/aromatic N) is 7. The Morgan fingerprint density at radius 1 is 1.05 bits per heavy atom. The number of urea groups is 1. The summed E-state index contributed by atoms with van der Waals surface area (Å²) in [5.41, 5.74) is 8.96. The first-order valence-corrected chi connectivity index (χ1v) is 14.0. The van der Waals surface area contributed by atoms with Crippen LogP contribution in [0.25, 0.3) is 11.4 Å². The van der Waals surface area contributed by atoms with Crippen molar-refractivity contribution in [1.29, 1.82) is 0 Å². The maximum Gasteiger partial charge on any atom is 0.573 e. The van der Waals surface area contributed by atoms with E-state index < -0.39 is 18.0 Å². The molecule has 2 fully saturated rings. The molecule has 3 aliphatic rings. The lowest BCUT2D eigenvalue weighted by molar-refractivity contribution is -0.274. The summed E-state index contributed by atoms with van der Waals surface area (Å²) >= 11 is 0. The molecule has 4 N–H and O–H groups in total. The van der Waals surface area contributed by atoms with Gasteiger partial charge in [-0.25, -0.2) is 14.8 Å². The van der Waals surface area contributed by atoms with Crippen LogP contribution in [0.2, 0.25) is 0 Å². The van der Waals surface area contributed by atoms with Crippen molar-refractivity contribution < 1.29 is 27.5 Å². The van der Waals surface area contributed by atoms with E-state index in [9.17, 15) is 22.8 Å². The number of aryl methyl sites for hydroxylation is 2. The molecule has 228 valence electrons. The Kier molecular flexibility index (Phi) is 7.45. The van der Waals surface area contributed by atoms with Crippen LogP contribution in [0.3, 0.4) is 0 Å². The van der Waals surface area contributed by atoms with Crippen molar-refractivity contribution in [3.63, 3.8) is 0 Å². The fraction of sp³-hybridized carbons (Fsp3) is 0.444. The second kappa shape index (κ2) is 11.2. The molecule has 2 aliphatic heterocycles. The van der Waals surface area contributed by atoms with Crippen LogP contribution in [0.4, 0.5) is 35.3 Å². The summed E-state index contributed by atoms with van der Waals surface area (Å²) in [6, 6.07) is 4.36. The number of piperazine rings is 2. The Hall–Kier alpha value is -4.60. The molecule has 0 radical (unpaired) electrons. The van der Waals surface area contributed by atoms with Gasteiger partial charge in [-0.1, -0.05) is 0 Å². The van der Waals surface area contributed by atoms with Gasteiger partial charge in [-0.15, -0.1) is 13.2 Å². The molecule has 2 saturated heterocycles. The molecule has 16 heteroatoms. The zero-order valence-corrected chi connectivity index (χ0v) is 23.4. The quantitative estimate of drug-likeness (QED) is 0.399. The minimum Gasteiger partial charge on any atom is -0.404 e. The number of carbonyl (C=O) groups is 2. The normalized spacial score (nSPS) is 16.9. The smallest absolute Gasteiger partial charge is 0.404 e. The van der Waals surface area contributed by atoms with Crippen LogP contribution < -0.4 is 26.0 Å². The molecule has 13 nitrogen and oxygen atoms in total. The van der Waals surface area contributed by atoms with Gasteiger partial charge in [-0.05, 0) is 36.6 Å². The van der Waals surface area contributed by atoms with Crippen molar-refractivity contribution in [2.24, 2.45) is 12.8 Å². The molecule has 0 atom stereocenters. The summed E-state index contributed by atoms with van der Waals surface area (Å²) < 4.78 is 45.8. The molecular formula is C27H31F3N10O3. The number of halogens is 3. The Balaban J connectivity index is 1.25. The van der Waals surface area contributed by atoms with E-state index in [2.05, 4.69) is 30.4 Å². The molecule has 43 heavy (non-hydrogen) atoms. The van der Waals surface area contributed by atoms with E-state index in [1.54, 1.807) is 30.3 Å². The van der Waals surface area contributed by atoms with Crippen LogP contribution >= 0.6 is 0 Å². The van der Waals surface area contributed by atoms with Gasteiger partial charge in [0.25, 0.3) is 5.91 Å². The minimum atomic E-state index is -4.92. The van der Waals surface area contributed by atoms with Crippen molar-refractivity contribution in [3.8, 4) is 17.1 Å². The number of rotatable bonds is 5. The maximum absolute atomic E-state index is 13.3. The zero-order valence-electron chi connectivity index (χ0n) is 23.4. The highest BCUT2D eigenvalue weighted by Gasteiger charge is 2.33. The average molecular weight is 601 g/mol. The number of fused-ring (bicyclic) bond motifs is 3. The maximum atomic E-state index is 13.3. The average Bonchev–Trinajstić information content (AvgIpc) is 3.34. The Morgan fingerprint density at radius 2 is 1.77 bits per heavy atom. The Morgan fingerprint density at radius 3 is 2.47 bits per heavy atom. The summed E-state index contributed by atoms with van der Waals surface area (Å²) in [6.45, 7) is 4.84. The summed E-state index contributed by atoms with van der Waals surface area (Å²) in [5.74, 6) is -1.04. The first-order chi connectivity index (χ1) is 20.6. The summed E-state index contributed by atoms with van der Waals surface area (Å²) in [4.78, 5) is 39.4. The van der Waals surface area contributed by atoms with Crippen LogP contribution in [0.1, 0.15) is 21.6 Å². The Labute approximate surface area is 244 Å². The fourth-order valence-corrected chi connectivity index (χ4v) is 5.77. The molecule has 0 saturated carbocycles. The van der Waals surface area contributed by atoms with Crippen LogP contribution in [0, 0.1) is 0 Å². The lowest BCUT2D eigenvalue weighted by Crippen LogP contribution is -2.56. The number of anilines is 3. The van der Waals surface area contributed by atoms with Crippen molar-refractivity contribution in [3.05, 3.63) is 41.2 Å². The highest BCUT2D eigenvalue weighted by atomic mass is 19.4. The van der Waals surface area contributed by atoms with Gasteiger partial charge in [0, 0.05) is 76.9 Å². The van der Waals surface area contributed by atoms with Crippen LogP contribution in [-0.2, 0) is 19.9 Å². The van der Waals surface area contributed by atoms with E-state index >= 15 is 0 Å². The molecular weight excluding hydrogens is 569 g/mol. The van der Waals surface area contributed by atoms with Crippen molar-refractivity contribution in [2.75, 3.05) is 62.6 Å². The molecule has 3 amide bonds. The zero-order chi connectivity index (χ0) is 30.3. The van der Waals surface area contributed by atoms with E-state index in [0.29, 0.717) is 74.7 Å². The summed E-state index contributed by atoms with van der Waals surface area (Å²) in [6.07, 6.45) is -2.23. The third-order valence-corrected chi connectivity index (χ3v) is 7.85. The van der Waals surface area contributed by atoms with Gasteiger partial charge in [-0.2, -0.15) is 5.10 Å². The lowest BCUT2D eigenvalue weighted by atomic mass is 9.93. The van der Waals surface area contributed by atoms with Crippen molar-refractivity contribution in [2.45, 2.75) is 19.2 Å². The van der Waals surface area contributed by atoms with Gasteiger partial charge in [0.1, 0.15) is 0 Å². The van der Waals surface area contributed by atoms with Crippen LogP contribution in [0.5, 0.6) is 5.75 Å². The van der Waals surface area contributed by atoms with E-state index in [4.69, 9.17) is 5.73 Å². The van der Waals surface area contributed by atoms with Gasteiger partial charge in [0.15, 0.2) is 11.4 Å². The standard InChI is InChI=1S/C27H31F3N10O3/c1-37-23-18(22(36-37)24(31)41)4-2-16-15-33-25(35-21(16)23)34-19-14-17(3-5-20(19)43-27(28,29)30)38-10-12-40(13-11-38)26(42)39-8-6-32-7-9-39/h3,5,14-15,32H,2,4,6-13H2,1H3,(H2,31,41)(H,33,34,35). The second-order valence-corrected chi connectivity index (χ2v) is 10.6. The van der Waals surface area contributed by atoms with Crippen molar-refractivity contribution in [1.82, 2.24) is 34.9 Å². The third kappa shape index (κ3) is 5.86. The van der Waals surface area contributed by atoms with E-state index in [0.717, 1.165) is 18.7 Å². The van der Waals surface area contributed by atoms with Gasteiger partial charge >= 0.3 is 12.4 Å². The van der Waals surface area contributed by atoms with E-state index in [1.165, 1.54) is 10.7 Å². The third-order valence-electron chi connectivity index (χ3n) is 7.85. The number of hydrogen-bond acceptors (Lipinski definition) is 9. The van der Waals surface area contributed by atoms with E-state index in [1.807, 2.05) is 9.80 Å². The predicted molar refractivity (Wildman–Crippen MR) is 150 cm³/mol. The number of primary amides is 1. The van der Waals surface area contributed by atoms with Crippen molar-refractivity contribution >= 4 is 29.3 Å². The first-order valence-electron chi connectivity index (χ1n) is 14.0. The number of aromatic nitrogens is 4. The molecule has 6 rings (SSSR count). The number of amides is 3. The molecule has 0 unspecified atom stereocenters. The fourth-order valence-electron chi connectivity index (χ4n) is 5.77. The van der Waals surface area contributed by atoms with Gasteiger partial charge < -0.3 is 35.8 Å². The topological polar surface area (TPSA) is 147 Å². The predicted octanol–water partition coefficient (Wildman–Crippen LogP) is 1.86. The van der Waals surface area contributed by atoms with Gasteiger partial charge in [0.2, 0.25) is 5.95 Å². The van der Waals surface area contributed by atoms with Crippen LogP contribution in [-0.4, -0.2) is 100 Å². The highest BCUT2D eigenvalue weighted by molar-refractivity contribution is 5.94. The number of ether oxygens (including phenoxy) is 1. The monoisotopic (exact) mass is 600 g/mol. The van der Waals surface area contributed by atoms with E-state index in [-0.39, 0.29) is 23.4 Å². The SMILES string of the molecule is Cn1nc(C(N)=O)c2c1-c1nc(Nc3cc(N4CCN(C(=O)N5CCNCC5)CC4)ccc3OC(F)(F)F)ncc1CC2. The Bertz CT molecular complexity index is 1550. The molecule has 2 aromatic heterocycles. The second-order valence-electron chi connectivity index (χ2n) is 10.6. The summed E-state index contributed by atoms with van der Waals surface area (Å²) in [5, 5.41) is 10.4. The van der Waals surface area contributed by atoms with Gasteiger partial charge in [-0.3, -0.25) is 9.48 Å². The highest BCUT2D eigenvalue weighted by Crippen LogP contribution is 2.37. The number of benzene rings is 1. The number of nitrogens with two attached hydrogens (primary N) is 1. The first kappa shape index (κ1) is 28.5. The molecule has 0 spiro atoms. The molecule has 3 aromatic rings. The van der Waals surface area contributed by atoms with Gasteiger partial charge in [0.05, 0.1) is 17.1 Å². The number of nitrogens with one attached hydrogen (secondary N) is 2. The molecule has 1 aliphatic carbocycles. The minimum absolute atomic E-state index is 0.00141. The number of hydrogen-bond donors (Lipinski definition) is 3. The molecule has 4 heterocycles. The lowest BCUT2D eigenvalue weighted by Gasteiger charge is -2.39. The summed E-state index contributed by atoms with van der Waals surface area (Å²) in [7, 11) is 1.67. The molecule has 1 aromatic carbocycles. The molecule has 0 bridgehead atoms. The number of carbonyl (C=O) groups excluding carboxylic acids is 2. The largest absolute Gasteiger partial charge is 0.573 e. The number of alkyl halides is 3. The van der Waals surface area contributed by atoms with Crippen LogP contribution in [0.15, 0.2) is 24.4 Å².